The highest BCUT2D eigenvalue weighted by Gasteiger charge is 2.25. The van der Waals surface area contributed by atoms with Gasteiger partial charge in [0.25, 0.3) is 0 Å². The maximum atomic E-state index is 11.7. The van der Waals surface area contributed by atoms with Gasteiger partial charge in [-0.15, -0.1) is 11.3 Å². The third kappa shape index (κ3) is 3.07. The van der Waals surface area contributed by atoms with E-state index in [0.29, 0.717) is 29.4 Å². The molecule has 96 valence electrons. The Morgan fingerprint density at radius 2 is 2.44 bits per heavy atom. The van der Waals surface area contributed by atoms with E-state index in [1.54, 1.807) is 11.4 Å². The molecule has 1 aliphatic heterocycles. The molecule has 0 aliphatic carbocycles. The number of carbonyl (C=O) groups is 1. The SMILES string of the molecule is N#Cc1ccsc1NC(=O)CCN1CC(CO)C1. The van der Waals surface area contributed by atoms with Gasteiger partial charge >= 0.3 is 0 Å². The summed E-state index contributed by atoms with van der Waals surface area (Å²) in [5, 5.41) is 22.9. The third-order valence-electron chi connectivity index (χ3n) is 2.98. The highest BCUT2D eigenvalue weighted by molar-refractivity contribution is 7.14. The highest BCUT2D eigenvalue weighted by Crippen LogP contribution is 2.22. The van der Waals surface area contributed by atoms with Crippen LogP contribution in [0.15, 0.2) is 11.4 Å². The topological polar surface area (TPSA) is 76.4 Å². The van der Waals surface area contributed by atoms with Crippen LogP contribution in [0.25, 0.3) is 0 Å². The maximum Gasteiger partial charge on any atom is 0.226 e. The molecule has 2 heterocycles. The number of rotatable bonds is 5. The van der Waals surface area contributed by atoms with Gasteiger partial charge in [-0.2, -0.15) is 5.26 Å². The van der Waals surface area contributed by atoms with Gasteiger partial charge in [0, 0.05) is 38.6 Å². The molecule has 18 heavy (non-hydrogen) atoms. The molecule has 0 unspecified atom stereocenters. The average Bonchev–Trinajstić information content (AvgIpc) is 2.74. The Hall–Kier alpha value is -1.42. The summed E-state index contributed by atoms with van der Waals surface area (Å²) < 4.78 is 0. The molecule has 0 spiro atoms. The van der Waals surface area contributed by atoms with Crippen LogP contribution in [0.2, 0.25) is 0 Å². The van der Waals surface area contributed by atoms with Crippen molar-refractivity contribution in [2.45, 2.75) is 6.42 Å². The molecular formula is C12H15N3O2S. The number of carbonyl (C=O) groups excluding carboxylic acids is 1. The molecule has 1 amide bonds. The Morgan fingerprint density at radius 1 is 1.67 bits per heavy atom. The lowest BCUT2D eigenvalue weighted by atomic mass is 10.0. The molecular weight excluding hydrogens is 250 g/mol. The molecule has 0 radical (unpaired) electrons. The van der Waals surface area contributed by atoms with Crippen LogP contribution in [-0.2, 0) is 4.79 Å². The number of thiophene rings is 1. The van der Waals surface area contributed by atoms with Gasteiger partial charge in [0.2, 0.25) is 5.91 Å². The Bertz CT molecular complexity index is 460. The lowest BCUT2D eigenvalue weighted by Crippen LogP contribution is -2.49. The fraction of sp³-hybridized carbons (Fsp3) is 0.500. The van der Waals surface area contributed by atoms with Crippen molar-refractivity contribution in [2.24, 2.45) is 5.92 Å². The van der Waals surface area contributed by atoms with Gasteiger partial charge in [0.05, 0.1) is 5.56 Å². The van der Waals surface area contributed by atoms with Crippen LogP contribution in [-0.4, -0.2) is 42.2 Å². The summed E-state index contributed by atoms with van der Waals surface area (Å²) in [6.07, 6.45) is 0.418. The Morgan fingerprint density at radius 3 is 3.11 bits per heavy atom. The van der Waals surface area contributed by atoms with E-state index in [9.17, 15) is 4.79 Å². The predicted octanol–water partition coefficient (Wildman–Crippen LogP) is 0.872. The highest BCUT2D eigenvalue weighted by atomic mass is 32.1. The van der Waals surface area contributed by atoms with Crippen molar-refractivity contribution in [1.82, 2.24) is 4.90 Å². The molecule has 1 aromatic heterocycles. The van der Waals surface area contributed by atoms with Gasteiger partial charge in [-0.05, 0) is 11.4 Å². The second-order valence-corrected chi connectivity index (χ2v) is 5.30. The fourth-order valence-electron chi connectivity index (χ4n) is 1.92. The molecule has 2 rings (SSSR count). The number of nitriles is 1. The van der Waals surface area contributed by atoms with E-state index >= 15 is 0 Å². The van der Waals surface area contributed by atoms with Crippen LogP contribution in [0.3, 0.4) is 0 Å². The Balaban J connectivity index is 1.72. The van der Waals surface area contributed by atoms with Crippen LogP contribution in [0.5, 0.6) is 0 Å². The average molecular weight is 265 g/mol. The molecule has 1 aliphatic rings. The van der Waals surface area contributed by atoms with Crippen molar-refractivity contribution in [2.75, 3.05) is 31.6 Å². The summed E-state index contributed by atoms with van der Waals surface area (Å²) in [7, 11) is 0. The summed E-state index contributed by atoms with van der Waals surface area (Å²) in [5.41, 5.74) is 0.512. The van der Waals surface area contributed by atoms with Gasteiger partial charge in [-0.1, -0.05) is 0 Å². The minimum Gasteiger partial charge on any atom is -0.396 e. The van der Waals surface area contributed by atoms with E-state index in [4.69, 9.17) is 10.4 Å². The van der Waals surface area contributed by atoms with Crippen LogP contribution in [0.4, 0.5) is 5.00 Å². The summed E-state index contributed by atoms with van der Waals surface area (Å²) in [5.74, 6) is 0.303. The second kappa shape index (κ2) is 5.96. The van der Waals surface area contributed by atoms with Crippen molar-refractivity contribution in [1.29, 1.82) is 5.26 Å². The quantitative estimate of drug-likeness (QED) is 0.828. The second-order valence-electron chi connectivity index (χ2n) is 4.38. The standard InChI is InChI=1S/C12H15N3O2S/c13-5-10-2-4-18-12(10)14-11(17)1-3-15-6-9(7-15)8-16/h2,4,9,16H,1,3,6-8H2,(H,14,17). The first-order valence-electron chi connectivity index (χ1n) is 5.83. The number of anilines is 1. The normalized spacial score (nSPS) is 16.0. The molecule has 1 saturated heterocycles. The van der Waals surface area contributed by atoms with Gasteiger partial charge in [-0.25, -0.2) is 0 Å². The monoisotopic (exact) mass is 265 g/mol. The summed E-state index contributed by atoms with van der Waals surface area (Å²) in [4.78, 5) is 13.8. The van der Waals surface area contributed by atoms with Crippen LogP contribution in [0.1, 0.15) is 12.0 Å². The molecule has 2 N–H and O–H groups in total. The molecule has 0 saturated carbocycles. The van der Waals surface area contributed by atoms with Gasteiger partial charge in [-0.3, -0.25) is 4.79 Å². The van der Waals surface area contributed by atoms with E-state index in [1.165, 1.54) is 11.3 Å². The predicted molar refractivity (Wildman–Crippen MR) is 69.3 cm³/mol. The first-order valence-corrected chi connectivity index (χ1v) is 6.71. The van der Waals surface area contributed by atoms with E-state index in [0.717, 1.165) is 13.1 Å². The van der Waals surface area contributed by atoms with Crippen molar-refractivity contribution < 1.29 is 9.90 Å². The smallest absolute Gasteiger partial charge is 0.226 e. The van der Waals surface area contributed by atoms with Crippen molar-refractivity contribution in [3.63, 3.8) is 0 Å². The zero-order chi connectivity index (χ0) is 13.0. The number of likely N-dealkylation sites (tertiary alicyclic amines) is 1. The summed E-state index contributed by atoms with van der Waals surface area (Å²) in [6, 6.07) is 3.74. The molecule has 1 fully saturated rings. The number of nitrogens with zero attached hydrogens (tertiary/aromatic N) is 2. The van der Waals surface area contributed by atoms with Crippen molar-refractivity contribution in [3.05, 3.63) is 17.0 Å². The van der Waals surface area contributed by atoms with E-state index in [-0.39, 0.29) is 12.5 Å². The fourth-order valence-corrected chi connectivity index (χ4v) is 2.67. The molecule has 1 aromatic rings. The van der Waals surface area contributed by atoms with Gasteiger partial charge in [0.15, 0.2) is 0 Å². The number of aliphatic hydroxyl groups excluding tert-OH is 1. The summed E-state index contributed by atoms with van der Waals surface area (Å²) >= 11 is 1.36. The van der Waals surface area contributed by atoms with Crippen LogP contribution < -0.4 is 5.32 Å². The maximum absolute atomic E-state index is 11.7. The number of hydrogen-bond acceptors (Lipinski definition) is 5. The molecule has 0 atom stereocenters. The molecule has 0 aromatic carbocycles. The number of aliphatic hydroxyl groups is 1. The zero-order valence-electron chi connectivity index (χ0n) is 9.93. The zero-order valence-corrected chi connectivity index (χ0v) is 10.7. The van der Waals surface area contributed by atoms with Crippen molar-refractivity contribution in [3.8, 4) is 6.07 Å². The van der Waals surface area contributed by atoms with Gasteiger partial charge < -0.3 is 15.3 Å². The molecule has 0 bridgehead atoms. The first kappa shape index (κ1) is 13.0. The van der Waals surface area contributed by atoms with Crippen LogP contribution >= 0.6 is 11.3 Å². The van der Waals surface area contributed by atoms with E-state index < -0.39 is 0 Å². The van der Waals surface area contributed by atoms with Crippen LogP contribution in [0, 0.1) is 17.2 Å². The molecule has 5 nitrogen and oxygen atoms in total. The van der Waals surface area contributed by atoms with E-state index in [2.05, 4.69) is 10.2 Å². The first-order chi connectivity index (χ1) is 8.72. The van der Waals surface area contributed by atoms with E-state index in [1.807, 2.05) is 6.07 Å². The Labute approximate surface area is 110 Å². The minimum atomic E-state index is -0.0681. The lowest BCUT2D eigenvalue weighted by molar-refractivity contribution is -0.116. The van der Waals surface area contributed by atoms with Crippen molar-refractivity contribution >= 4 is 22.2 Å². The number of nitrogens with one attached hydrogen (secondary N) is 1. The van der Waals surface area contributed by atoms with Gasteiger partial charge in [0.1, 0.15) is 11.1 Å². The number of hydrogen-bond donors (Lipinski definition) is 2. The number of amides is 1. The lowest BCUT2D eigenvalue weighted by Gasteiger charge is -2.38. The largest absolute Gasteiger partial charge is 0.396 e. The summed E-state index contributed by atoms with van der Waals surface area (Å²) in [6.45, 7) is 2.66. The third-order valence-corrected chi connectivity index (χ3v) is 3.81. The minimum absolute atomic E-state index is 0.0681. The molecule has 6 heteroatoms. The Kier molecular flexibility index (Phi) is 4.31.